The maximum atomic E-state index is 13.8. The van der Waals surface area contributed by atoms with Crippen molar-refractivity contribution in [1.82, 2.24) is 4.57 Å². The van der Waals surface area contributed by atoms with Crippen LogP contribution in [0.3, 0.4) is 0 Å². The number of allylic oxidation sites excluding steroid dienone is 1. The van der Waals surface area contributed by atoms with Crippen LogP contribution in [0, 0.1) is 0 Å². The molecule has 0 saturated heterocycles. The summed E-state index contributed by atoms with van der Waals surface area (Å²) in [6, 6.07) is 12.9. The van der Waals surface area contributed by atoms with E-state index in [1.165, 1.54) is 30.1 Å². The lowest BCUT2D eigenvalue weighted by molar-refractivity contribution is -0.136. The number of nitrogens with zero attached hydrogens (tertiary/aromatic N) is 2. The number of rotatable bonds is 5. The molecule has 11 heteroatoms. The average Bonchev–Trinajstić information content (AvgIpc) is 3.48. The minimum Gasteiger partial charge on any atom is -0.496 e. The molecule has 0 amide bonds. The Bertz CT molecular complexity index is 1800. The standard InChI is InChI=1S/C27H19Cl3N2O5S/c1-13-22(26(34)36-3)24(17-11-14(28)7-9-19(17)35-2)32-25(33)21(38-27(32)31-13)12-15-8-10-20(37-15)16-5-4-6-18(29)23(16)30/h4-12,24H,1-3H3/b21-12-/t24-/m1/s1. The number of hydrogen-bond acceptors (Lipinski definition) is 7. The second-order valence-corrected chi connectivity index (χ2v) is 10.5. The number of benzene rings is 2. The number of carbonyl (C=O) groups excluding carboxylic acids is 1. The third-order valence-electron chi connectivity index (χ3n) is 6.03. The largest absolute Gasteiger partial charge is 0.496 e. The second-order valence-electron chi connectivity index (χ2n) is 8.26. The smallest absolute Gasteiger partial charge is 0.338 e. The van der Waals surface area contributed by atoms with E-state index in [0.29, 0.717) is 58.5 Å². The van der Waals surface area contributed by atoms with Crippen molar-refractivity contribution in [2.24, 2.45) is 4.99 Å². The predicted octanol–water partition coefficient (Wildman–Crippen LogP) is 5.64. The van der Waals surface area contributed by atoms with Crippen LogP contribution >= 0.6 is 46.1 Å². The first-order chi connectivity index (χ1) is 18.2. The van der Waals surface area contributed by atoms with E-state index in [9.17, 15) is 9.59 Å². The molecular formula is C27H19Cl3N2O5S. The first-order valence-electron chi connectivity index (χ1n) is 11.2. The van der Waals surface area contributed by atoms with E-state index in [2.05, 4.69) is 4.99 Å². The maximum Gasteiger partial charge on any atom is 0.338 e. The molecule has 3 heterocycles. The summed E-state index contributed by atoms with van der Waals surface area (Å²) in [5.74, 6) is 0.782. The van der Waals surface area contributed by atoms with E-state index < -0.39 is 12.0 Å². The van der Waals surface area contributed by atoms with Crippen molar-refractivity contribution < 1.29 is 18.7 Å². The predicted molar refractivity (Wildman–Crippen MR) is 148 cm³/mol. The van der Waals surface area contributed by atoms with Gasteiger partial charge in [-0.25, -0.2) is 9.79 Å². The van der Waals surface area contributed by atoms with Gasteiger partial charge in [0.05, 0.1) is 40.1 Å². The zero-order chi connectivity index (χ0) is 27.1. The van der Waals surface area contributed by atoms with Gasteiger partial charge in [0.25, 0.3) is 5.56 Å². The summed E-state index contributed by atoms with van der Waals surface area (Å²) >= 11 is 20.0. The number of halogens is 3. The van der Waals surface area contributed by atoms with Crippen LogP contribution in [0.15, 0.2) is 74.0 Å². The van der Waals surface area contributed by atoms with Crippen molar-refractivity contribution >= 4 is 58.2 Å². The van der Waals surface area contributed by atoms with Crippen LogP contribution in [0.5, 0.6) is 5.75 Å². The van der Waals surface area contributed by atoms with Gasteiger partial charge < -0.3 is 13.9 Å². The Morgan fingerprint density at radius 2 is 1.92 bits per heavy atom. The zero-order valence-corrected chi connectivity index (χ0v) is 23.3. The molecule has 1 atom stereocenters. The van der Waals surface area contributed by atoms with E-state index in [1.807, 2.05) is 0 Å². The summed E-state index contributed by atoms with van der Waals surface area (Å²) in [7, 11) is 2.78. The second kappa shape index (κ2) is 10.5. The topological polar surface area (TPSA) is 83.0 Å². The molecule has 7 nitrogen and oxygen atoms in total. The summed E-state index contributed by atoms with van der Waals surface area (Å²) in [5, 5.41) is 1.20. The third-order valence-corrected chi connectivity index (χ3v) is 8.07. The molecule has 0 radical (unpaired) electrons. The van der Waals surface area contributed by atoms with Crippen LogP contribution in [0.1, 0.15) is 24.3 Å². The molecule has 5 rings (SSSR count). The molecule has 0 N–H and O–H groups in total. The van der Waals surface area contributed by atoms with Gasteiger partial charge in [0.1, 0.15) is 23.3 Å². The van der Waals surface area contributed by atoms with Crippen molar-refractivity contribution in [3.63, 3.8) is 0 Å². The van der Waals surface area contributed by atoms with Gasteiger partial charge in [-0.3, -0.25) is 9.36 Å². The fraction of sp³-hybridized carbons (Fsp3) is 0.148. The number of aromatic nitrogens is 1. The Hall–Kier alpha value is -3.30. The summed E-state index contributed by atoms with van der Waals surface area (Å²) in [5.41, 5.74) is 1.42. The highest BCUT2D eigenvalue weighted by molar-refractivity contribution is 7.07. The maximum absolute atomic E-state index is 13.8. The molecule has 0 spiro atoms. The van der Waals surface area contributed by atoms with E-state index in [-0.39, 0.29) is 11.1 Å². The molecule has 0 fully saturated rings. The summed E-state index contributed by atoms with van der Waals surface area (Å²) < 4.78 is 18.4. The fourth-order valence-corrected chi connectivity index (χ4v) is 5.91. The van der Waals surface area contributed by atoms with Crippen LogP contribution in [0.2, 0.25) is 15.1 Å². The van der Waals surface area contributed by atoms with Gasteiger partial charge in [-0.05, 0) is 49.4 Å². The molecule has 0 aliphatic carbocycles. The van der Waals surface area contributed by atoms with Gasteiger partial charge in [0.15, 0.2) is 4.80 Å². The number of hydrogen-bond donors (Lipinski definition) is 0. The van der Waals surface area contributed by atoms with E-state index in [0.717, 1.165) is 0 Å². The summed E-state index contributed by atoms with van der Waals surface area (Å²) in [4.78, 5) is 31.6. The van der Waals surface area contributed by atoms with Crippen molar-refractivity contribution in [2.45, 2.75) is 13.0 Å². The Morgan fingerprint density at radius 3 is 2.66 bits per heavy atom. The Balaban J connectivity index is 1.69. The molecule has 4 aromatic rings. The quantitative estimate of drug-likeness (QED) is 0.282. The molecular weight excluding hydrogens is 571 g/mol. The van der Waals surface area contributed by atoms with Crippen molar-refractivity contribution in [3.8, 4) is 17.1 Å². The van der Waals surface area contributed by atoms with Gasteiger partial charge in [-0.2, -0.15) is 0 Å². The van der Waals surface area contributed by atoms with Gasteiger partial charge >= 0.3 is 5.97 Å². The molecule has 38 heavy (non-hydrogen) atoms. The molecule has 0 saturated carbocycles. The highest BCUT2D eigenvalue weighted by Gasteiger charge is 2.35. The number of ether oxygens (including phenoxy) is 2. The van der Waals surface area contributed by atoms with E-state index in [4.69, 9.17) is 48.7 Å². The molecule has 2 aromatic heterocycles. The first-order valence-corrected chi connectivity index (χ1v) is 13.2. The van der Waals surface area contributed by atoms with Crippen molar-refractivity contribution in [1.29, 1.82) is 0 Å². The highest BCUT2D eigenvalue weighted by Crippen LogP contribution is 2.37. The number of esters is 1. The molecule has 2 aromatic carbocycles. The Labute approximate surface area is 235 Å². The SMILES string of the molecule is COC(=O)C1=C(C)N=c2s/c(=C\c3ccc(-c4cccc(Cl)c4Cl)o3)c(=O)n2[C@@H]1c1cc(Cl)ccc1OC. The van der Waals surface area contributed by atoms with Crippen LogP contribution in [-0.2, 0) is 9.53 Å². The minimum absolute atomic E-state index is 0.211. The lowest BCUT2D eigenvalue weighted by Gasteiger charge is -2.25. The normalized spacial score (nSPS) is 15.3. The number of methoxy groups -OCH3 is 2. The molecule has 1 aliphatic heterocycles. The number of carbonyl (C=O) groups is 1. The Morgan fingerprint density at radius 1 is 1.13 bits per heavy atom. The lowest BCUT2D eigenvalue weighted by atomic mass is 9.95. The molecule has 0 unspecified atom stereocenters. The van der Waals surface area contributed by atoms with E-state index in [1.54, 1.807) is 61.5 Å². The van der Waals surface area contributed by atoms with Crippen LogP contribution < -0.4 is 19.6 Å². The van der Waals surface area contributed by atoms with Crippen LogP contribution in [0.25, 0.3) is 17.4 Å². The van der Waals surface area contributed by atoms with Crippen LogP contribution in [0.4, 0.5) is 0 Å². The Kier molecular flexibility index (Phi) is 7.24. The molecule has 0 bridgehead atoms. The number of fused-ring (bicyclic) bond motifs is 1. The van der Waals surface area contributed by atoms with Gasteiger partial charge in [0.2, 0.25) is 0 Å². The zero-order valence-electron chi connectivity index (χ0n) is 20.3. The first kappa shape index (κ1) is 26.3. The third kappa shape index (κ3) is 4.58. The van der Waals surface area contributed by atoms with Gasteiger partial charge in [-0.1, -0.05) is 52.2 Å². The van der Waals surface area contributed by atoms with E-state index >= 15 is 0 Å². The van der Waals surface area contributed by atoms with Crippen LogP contribution in [-0.4, -0.2) is 24.8 Å². The summed E-state index contributed by atoms with van der Waals surface area (Å²) in [6.07, 6.45) is 1.62. The van der Waals surface area contributed by atoms with Crippen molar-refractivity contribution in [3.05, 3.63) is 106 Å². The fourth-order valence-electron chi connectivity index (χ4n) is 4.30. The minimum atomic E-state index is -0.869. The van der Waals surface area contributed by atoms with Gasteiger partial charge in [-0.15, -0.1) is 0 Å². The monoisotopic (exact) mass is 588 g/mol. The summed E-state index contributed by atoms with van der Waals surface area (Å²) in [6.45, 7) is 1.70. The van der Waals surface area contributed by atoms with Gasteiger partial charge in [0, 0.05) is 22.2 Å². The lowest BCUT2D eigenvalue weighted by Crippen LogP contribution is -2.40. The molecule has 1 aliphatic rings. The average molecular weight is 590 g/mol. The van der Waals surface area contributed by atoms with Crippen molar-refractivity contribution in [2.75, 3.05) is 14.2 Å². The highest BCUT2D eigenvalue weighted by atomic mass is 35.5. The number of thiazole rings is 1. The molecule has 194 valence electrons. The number of furan rings is 1.